The van der Waals surface area contributed by atoms with Crippen molar-refractivity contribution in [3.8, 4) is 0 Å². The van der Waals surface area contributed by atoms with Gasteiger partial charge in [-0.05, 0) is 19.6 Å². The van der Waals surface area contributed by atoms with Crippen molar-refractivity contribution in [3.05, 3.63) is 20.8 Å². The molecule has 0 radical (unpaired) electrons. The van der Waals surface area contributed by atoms with Crippen LogP contribution in [0, 0.1) is 0 Å². The zero-order valence-electron chi connectivity index (χ0n) is 10.9. The molecule has 4 N–H and O–H groups in total. The predicted octanol–water partition coefficient (Wildman–Crippen LogP) is 0.692. The van der Waals surface area contributed by atoms with Crippen LogP contribution in [0.5, 0.6) is 0 Å². The van der Waals surface area contributed by atoms with Gasteiger partial charge in [-0.15, -0.1) is 0 Å². The van der Waals surface area contributed by atoms with E-state index in [1.54, 1.807) is 11.8 Å². The minimum atomic E-state index is -0.460. The minimum absolute atomic E-state index is 0.107. The summed E-state index contributed by atoms with van der Waals surface area (Å²) in [6.07, 6.45) is 2.76. The molecule has 0 bridgehead atoms. The van der Waals surface area contributed by atoms with E-state index in [9.17, 15) is 9.59 Å². The molecule has 0 amide bonds. The van der Waals surface area contributed by atoms with Crippen molar-refractivity contribution in [2.24, 2.45) is 0 Å². The lowest BCUT2D eigenvalue weighted by Gasteiger charge is -2.17. The number of aromatic amines is 1. The molecule has 1 aromatic rings. The normalized spacial score (nSPS) is 12.4. The number of rotatable bonds is 6. The second kappa shape index (κ2) is 6.53. The Balaban J connectivity index is 3.15. The molecule has 1 aromatic heterocycles. The summed E-state index contributed by atoms with van der Waals surface area (Å²) in [4.78, 5) is 25.6. The highest BCUT2D eigenvalue weighted by atomic mass is 32.2. The van der Waals surface area contributed by atoms with Crippen LogP contribution < -0.4 is 22.3 Å². The summed E-state index contributed by atoms with van der Waals surface area (Å²) in [7, 11) is 0. The molecule has 102 valence electrons. The first-order chi connectivity index (χ1) is 8.51. The van der Waals surface area contributed by atoms with E-state index in [1.807, 2.05) is 20.1 Å². The molecule has 7 heteroatoms. The van der Waals surface area contributed by atoms with Crippen LogP contribution in [0.4, 0.5) is 11.5 Å². The first-order valence-corrected chi connectivity index (χ1v) is 7.28. The largest absolute Gasteiger partial charge is 0.383 e. The molecule has 0 aliphatic rings. The number of nitrogens with one attached hydrogen (secondary N) is 2. The molecule has 1 unspecified atom stereocenters. The lowest BCUT2D eigenvalue weighted by molar-refractivity contribution is 0.641. The van der Waals surface area contributed by atoms with E-state index in [-0.39, 0.29) is 17.5 Å². The van der Waals surface area contributed by atoms with E-state index >= 15 is 0 Å². The molecule has 0 aromatic carbocycles. The van der Waals surface area contributed by atoms with Gasteiger partial charge in [0.2, 0.25) is 0 Å². The van der Waals surface area contributed by atoms with Crippen LogP contribution in [0.2, 0.25) is 0 Å². The highest BCUT2D eigenvalue weighted by molar-refractivity contribution is 7.98. The van der Waals surface area contributed by atoms with Gasteiger partial charge in [0.15, 0.2) is 0 Å². The Bertz CT molecular complexity index is 509. The van der Waals surface area contributed by atoms with Gasteiger partial charge in [0.25, 0.3) is 5.56 Å². The van der Waals surface area contributed by atoms with Crippen LogP contribution in [-0.4, -0.2) is 27.6 Å². The summed E-state index contributed by atoms with van der Waals surface area (Å²) >= 11 is 1.67. The molecule has 0 spiro atoms. The molecule has 0 saturated carbocycles. The van der Waals surface area contributed by atoms with Gasteiger partial charge in [-0.3, -0.25) is 14.3 Å². The zero-order chi connectivity index (χ0) is 13.7. The van der Waals surface area contributed by atoms with Crippen LogP contribution >= 0.6 is 11.8 Å². The standard InChI is InChI=1S/C11H20N4O2S/c1-4-5-15-9(12)8(10(16)14-11(15)17)13-7(2)6-18-3/h7,13H,4-6,12H2,1-3H3,(H,14,16,17). The van der Waals surface area contributed by atoms with Crippen molar-refractivity contribution in [1.29, 1.82) is 0 Å². The van der Waals surface area contributed by atoms with Crippen molar-refractivity contribution >= 4 is 23.3 Å². The van der Waals surface area contributed by atoms with Crippen LogP contribution in [0.25, 0.3) is 0 Å². The van der Waals surface area contributed by atoms with Gasteiger partial charge in [0.05, 0.1) is 0 Å². The van der Waals surface area contributed by atoms with Crippen molar-refractivity contribution in [1.82, 2.24) is 9.55 Å². The van der Waals surface area contributed by atoms with E-state index in [4.69, 9.17) is 5.73 Å². The average molecular weight is 272 g/mol. The number of thioether (sulfide) groups is 1. The van der Waals surface area contributed by atoms with Crippen LogP contribution in [0.1, 0.15) is 20.3 Å². The fourth-order valence-electron chi connectivity index (χ4n) is 1.71. The first-order valence-electron chi connectivity index (χ1n) is 5.89. The monoisotopic (exact) mass is 272 g/mol. The Morgan fingerprint density at radius 3 is 2.72 bits per heavy atom. The highest BCUT2D eigenvalue weighted by Crippen LogP contribution is 2.12. The molecule has 18 heavy (non-hydrogen) atoms. The fourth-order valence-corrected chi connectivity index (χ4v) is 2.29. The summed E-state index contributed by atoms with van der Waals surface area (Å²) in [5.41, 5.74) is 5.25. The second-order valence-electron chi connectivity index (χ2n) is 4.17. The molecule has 0 saturated heterocycles. The van der Waals surface area contributed by atoms with Gasteiger partial charge in [-0.2, -0.15) is 11.8 Å². The number of aromatic nitrogens is 2. The minimum Gasteiger partial charge on any atom is -0.383 e. The summed E-state index contributed by atoms with van der Waals surface area (Å²) in [6.45, 7) is 4.40. The van der Waals surface area contributed by atoms with E-state index in [1.165, 1.54) is 4.57 Å². The third kappa shape index (κ3) is 3.32. The highest BCUT2D eigenvalue weighted by Gasteiger charge is 2.13. The van der Waals surface area contributed by atoms with E-state index in [2.05, 4.69) is 10.3 Å². The van der Waals surface area contributed by atoms with Crippen molar-refractivity contribution in [2.45, 2.75) is 32.9 Å². The SMILES string of the molecule is CCCn1c(N)c(NC(C)CSC)c(=O)[nH]c1=O. The Morgan fingerprint density at radius 2 is 2.17 bits per heavy atom. The maximum Gasteiger partial charge on any atom is 0.330 e. The molecule has 1 rings (SSSR count). The third-order valence-electron chi connectivity index (χ3n) is 2.49. The summed E-state index contributed by atoms with van der Waals surface area (Å²) in [5, 5.41) is 3.06. The molecular weight excluding hydrogens is 252 g/mol. The second-order valence-corrected chi connectivity index (χ2v) is 5.08. The Morgan fingerprint density at radius 1 is 1.50 bits per heavy atom. The number of H-pyrrole nitrogens is 1. The average Bonchev–Trinajstić information content (AvgIpc) is 2.30. The fraction of sp³-hybridized carbons (Fsp3) is 0.636. The Hall–Kier alpha value is -1.37. The first kappa shape index (κ1) is 14.7. The molecule has 0 fully saturated rings. The quantitative estimate of drug-likeness (QED) is 0.708. The summed E-state index contributed by atoms with van der Waals surface area (Å²) < 4.78 is 1.38. The van der Waals surface area contributed by atoms with Crippen LogP contribution in [0.3, 0.4) is 0 Å². The summed E-state index contributed by atoms with van der Waals surface area (Å²) in [5.74, 6) is 1.06. The van der Waals surface area contributed by atoms with Gasteiger partial charge in [-0.1, -0.05) is 6.92 Å². The van der Waals surface area contributed by atoms with Crippen molar-refractivity contribution in [2.75, 3.05) is 23.1 Å². The maximum atomic E-state index is 11.7. The summed E-state index contributed by atoms with van der Waals surface area (Å²) in [6, 6.07) is 0.107. The van der Waals surface area contributed by atoms with E-state index in [0.717, 1.165) is 12.2 Å². The van der Waals surface area contributed by atoms with E-state index in [0.29, 0.717) is 6.54 Å². The third-order valence-corrected chi connectivity index (χ3v) is 3.33. The van der Waals surface area contributed by atoms with Gasteiger partial charge in [0.1, 0.15) is 11.5 Å². The predicted molar refractivity (Wildman–Crippen MR) is 77.5 cm³/mol. The number of hydrogen-bond donors (Lipinski definition) is 3. The number of nitrogens with two attached hydrogens (primary N) is 1. The van der Waals surface area contributed by atoms with Crippen LogP contribution in [0.15, 0.2) is 9.59 Å². The van der Waals surface area contributed by atoms with Crippen molar-refractivity contribution in [3.63, 3.8) is 0 Å². The Labute approximate surface area is 110 Å². The smallest absolute Gasteiger partial charge is 0.330 e. The van der Waals surface area contributed by atoms with E-state index < -0.39 is 11.2 Å². The lowest BCUT2D eigenvalue weighted by Crippen LogP contribution is -2.35. The molecule has 1 atom stereocenters. The number of anilines is 2. The zero-order valence-corrected chi connectivity index (χ0v) is 11.8. The molecular formula is C11H20N4O2S. The van der Waals surface area contributed by atoms with Crippen molar-refractivity contribution < 1.29 is 0 Å². The van der Waals surface area contributed by atoms with Gasteiger partial charge >= 0.3 is 5.69 Å². The van der Waals surface area contributed by atoms with Crippen LogP contribution in [-0.2, 0) is 6.54 Å². The molecule has 0 aliphatic heterocycles. The Kier molecular flexibility index (Phi) is 5.33. The number of hydrogen-bond acceptors (Lipinski definition) is 5. The van der Waals surface area contributed by atoms with Gasteiger partial charge in [-0.25, -0.2) is 4.79 Å². The molecule has 1 heterocycles. The lowest BCUT2D eigenvalue weighted by atomic mass is 10.3. The van der Waals surface area contributed by atoms with Gasteiger partial charge < -0.3 is 11.1 Å². The topological polar surface area (TPSA) is 92.9 Å². The molecule has 0 aliphatic carbocycles. The maximum absolute atomic E-state index is 11.7. The van der Waals surface area contributed by atoms with Gasteiger partial charge in [0, 0.05) is 18.3 Å². The number of nitrogens with zero attached hydrogens (tertiary/aromatic N) is 1. The molecule has 6 nitrogen and oxygen atoms in total. The number of nitrogen functional groups attached to an aromatic ring is 1.